The first-order chi connectivity index (χ1) is 13.4. The minimum absolute atomic E-state index is 0.0343. The summed E-state index contributed by atoms with van der Waals surface area (Å²) in [5.41, 5.74) is 1.54. The predicted octanol–water partition coefficient (Wildman–Crippen LogP) is 4.13. The minimum atomic E-state index is -1.09. The lowest BCUT2D eigenvalue weighted by molar-refractivity contribution is -0.383. The van der Waals surface area contributed by atoms with Crippen LogP contribution in [0.3, 0.4) is 0 Å². The number of hydrogen-bond donors (Lipinski definition) is 0. The van der Waals surface area contributed by atoms with Gasteiger partial charge >= 0.3 is 0 Å². The fourth-order valence-corrected chi connectivity index (χ4v) is 4.63. The topological polar surface area (TPSA) is 92.5 Å². The second-order valence-electron chi connectivity index (χ2n) is 7.32. The van der Waals surface area contributed by atoms with E-state index in [1.54, 1.807) is 12.1 Å². The van der Waals surface area contributed by atoms with Gasteiger partial charge in [0.2, 0.25) is 0 Å². The van der Waals surface area contributed by atoms with Crippen molar-refractivity contribution in [2.45, 2.75) is 18.6 Å². The molecular weight excluding hydrogens is 365 g/mol. The summed E-state index contributed by atoms with van der Waals surface area (Å²) in [6, 6.07) is 12.8. The van der Waals surface area contributed by atoms with Crippen molar-refractivity contribution in [3.05, 3.63) is 92.1 Å². The van der Waals surface area contributed by atoms with Gasteiger partial charge in [-0.3, -0.25) is 10.1 Å². The second-order valence-corrected chi connectivity index (χ2v) is 7.32. The molecule has 2 unspecified atom stereocenters. The quantitative estimate of drug-likeness (QED) is 0.288. The van der Waals surface area contributed by atoms with E-state index >= 15 is 0 Å². The van der Waals surface area contributed by atoms with Gasteiger partial charge in [-0.05, 0) is 36.2 Å². The summed E-state index contributed by atoms with van der Waals surface area (Å²) in [7, 11) is 0. The highest BCUT2D eigenvalue weighted by molar-refractivity contribution is 5.96. The average molecular weight is 380 g/mol. The van der Waals surface area contributed by atoms with E-state index in [0.717, 1.165) is 10.6 Å². The smallest absolute Gasteiger partial charge is 0.277 e. The molecule has 0 amide bonds. The fourth-order valence-electron chi connectivity index (χ4n) is 4.63. The van der Waals surface area contributed by atoms with Gasteiger partial charge in [0.25, 0.3) is 5.69 Å². The van der Waals surface area contributed by atoms with Crippen LogP contribution in [0.15, 0.2) is 54.6 Å². The maximum atomic E-state index is 13.9. The van der Waals surface area contributed by atoms with Crippen LogP contribution < -0.4 is 4.65 Å². The van der Waals surface area contributed by atoms with Crippen molar-refractivity contribution >= 4 is 22.1 Å². The molecule has 1 saturated heterocycles. The van der Waals surface area contributed by atoms with Gasteiger partial charge in [0.15, 0.2) is 6.17 Å². The van der Waals surface area contributed by atoms with Gasteiger partial charge < -0.3 is 20.1 Å². The van der Waals surface area contributed by atoms with Crippen LogP contribution in [0.2, 0.25) is 0 Å². The SMILES string of the molecule is O=[N+]([O-])c1ccc2c3c(cccc13)C[C@@H]1C[N+]([O-])(c3ccc(F)cc3)C2N1[O-]. The molecule has 3 atom stereocenters. The van der Waals surface area contributed by atoms with Gasteiger partial charge in [-0.25, -0.2) is 4.39 Å². The molecule has 2 aliphatic heterocycles. The van der Waals surface area contributed by atoms with Crippen LogP contribution in [0.4, 0.5) is 15.8 Å². The number of halogens is 1. The number of nitro benzene ring substituents is 1. The molecule has 0 aliphatic carbocycles. The molecule has 0 aromatic heterocycles. The predicted molar refractivity (Wildman–Crippen MR) is 102 cm³/mol. The first-order valence-electron chi connectivity index (χ1n) is 8.89. The molecule has 3 aromatic carbocycles. The zero-order chi connectivity index (χ0) is 19.6. The fraction of sp³-hybridized carbons (Fsp3) is 0.200. The number of fused-ring (bicyclic) bond motifs is 3. The van der Waals surface area contributed by atoms with Crippen LogP contribution in [0, 0.1) is 26.3 Å². The summed E-state index contributed by atoms with van der Waals surface area (Å²) < 4.78 is 12.4. The average Bonchev–Trinajstić information content (AvgIpc) is 2.84. The molecule has 3 aromatic rings. The number of hydroxylamine groups is 4. The summed E-state index contributed by atoms with van der Waals surface area (Å²) >= 11 is 0. The van der Waals surface area contributed by atoms with Crippen LogP contribution >= 0.6 is 0 Å². The molecule has 1 fully saturated rings. The highest BCUT2D eigenvalue weighted by atomic mass is 19.1. The number of nitro groups is 1. The molecule has 2 aliphatic rings. The first-order valence-corrected chi connectivity index (χ1v) is 8.89. The molecule has 8 heteroatoms. The third-order valence-corrected chi connectivity index (χ3v) is 5.81. The van der Waals surface area contributed by atoms with Gasteiger partial charge in [0.1, 0.15) is 11.5 Å². The van der Waals surface area contributed by atoms with Crippen molar-refractivity contribution in [2.24, 2.45) is 0 Å². The van der Waals surface area contributed by atoms with E-state index in [1.807, 2.05) is 6.07 Å². The maximum Gasteiger partial charge on any atom is 0.277 e. The lowest BCUT2D eigenvalue weighted by Crippen LogP contribution is -2.45. The van der Waals surface area contributed by atoms with Crippen LogP contribution in [0.25, 0.3) is 10.8 Å². The lowest BCUT2D eigenvalue weighted by Gasteiger charge is -2.46. The van der Waals surface area contributed by atoms with Crippen molar-refractivity contribution in [3.8, 4) is 0 Å². The molecule has 5 rings (SSSR count). The molecule has 0 N–H and O–H groups in total. The Morgan fingerprint density at radius 3 is 2.57 bits per heavy atom. The number of hydrogen-bond acceptors (Lipinski definition) is 5. The first kappa shape index (κ1) is 17.2. The Bertz CT molecular complexity index is 1120. The summed E-state index contributed by atoms with van der Waals surface area (Å²) in [6.45, 7) is 0.0343. The van der Waals surface area contributed by atoms with E-state index < -0.39 is 27.6 Å². The van der Waals surface area contributed by atoms with Crippen molar-refractivity contribution in [1.29, 1.82) is 0 Å². The molecular formula is C20H15FN3O4-. The van der Waals surface area contributed by atoms with Crippen molar-refractivity contribution in [2.75, 3.05) is 6.54 Å². The third kappa shape index (κ3) is 2.23. The van der Waals surface area contributed by atoms with Crippen LogP contribution in [0.5, 0.6) is 0 Å². The van der Waals surface area contributed by atoms with Crippen LogP contribution in [-0.4, -0.2) is 22.6 Å². The van der Waals surface area contributed by atoms with Crippen molar-refractivity contribution < 1.29 is 9.31 Å². The molecule has 0 radical (unpaired) electrons. The van der Waals surface area contributed by atoms with Crippen LogP contribution in [-0.2, 0) is 6.42 Å². The van der Waals surface area contributed by atoms with Crippen molar-refractivity contribution in [3.63, 3.8) is 0 Å². The summed E-state index contributed by atoms with van der Waals surface area (Å²) in [6.07, 6.45) is -0.767. The minimum Gasteiger partial charge on any atom is -0.780 e. The second kappa shape index (κ2) is 5.79. The number of non-ortho nitro benzene ring substituents is 1. The van der Waals surface area contributed by atoms with Crippen molar-refractivity contribution in [1.82, 2.24) is 9.71 Å². The Morgan fingerprint density at radius 2 is 1.86 bits per heavy atom. The molecule has 0 saturated carbocycles. The largest absolute Gasteiger partial charge is 0.780 e. The third-order valence-electron chi connectivity index (χ3n) is 5.81. The highest BCUT2D eigenvalue weighted by Gasteiger charge is 2.48. The highest BCUT2D eigenvalue weighted by Crippen LogP contribution is 2.49. The van der Waals surface area contributed by atoms with Crippen LogP contribution in [0.1, 0.15) is 17.3 Å². The lowest BCUT2D eigenvalue weighted by atomic mass is 9.93. The number of rotatable bonds is 2. The van der Waals surface area contributed by atoms with E-state index in [0.29, 0.717) is 28.4 Å². The standard InChI is InChI=1S/C20H15FN3O4/c21-13-4-6-15(7-5-13)24(28)11-14-10-12-2-1-3-16-18(23(26)27)9-8-17(19(12)16)20(24)22(14)25/h1-9,14,20H,10-11H2/q-1/t14-,20?,24?/m1/s1. The number of quaternary nitrogens is 1. The Labute approximate surface area is 159 Å². The molecule has 2 heterocycles. The van der Waals surface area contributed by atoms with E-state index in [2.05, 4.69) is 0 Å². The summed E-state index contributed by atoms with van der Waals surface area (Å²) in [5.74, 6) is -0.461. The van der Waals surface area contributed by atoms with Gasteiger partial charge in [-0.15, -0.1) is 0 Å². The Balaban J connectivity index is 1.79. The molecule has 142 valence electrons. The van der Waals surface area contributed by atoms with E-state index in [1.165, 1.54) is 36.4 Å². The monoisotopic (exact) mass is 380 g/mol. The Morgan fingerprint density at radius 1 is 1.11 bits per heavy atom. The van der Waals surface area contributed by atoms with Gasteiger partial charge in [0, 0.05) is 29.1 Å². The zero-order valence-electron chi connectivity index (χ0n) is 14.6. The number of benzene rings is 3. The maximum absolute atomic E-state index is 13.9. The zero-order valence-corrected chi connectivity index (χ0v) is 14.6. The molecule has 28 heavy (non-hydrogen) atoms. The number of nitrogens with zero attached hydrogens (tertiary/aromatic N) is 3. The normalized spacial score (nSPS) is 26.4. The Hall–Kier alpha value is -2.91. The molecule has 0 spiro atoms. The van der Waals surface area contributed by atoms with Gasteiger partial charge in [-0.2, -0.15) is 0 Å². The van der Waals surface area contributed by atoms with E-state index in [9.17, 15) is 24.9 Å². The van der Waals surface area contributed by atoms with Gasteiger partial charge in [0.05, 0.1) is 22.9 Å². The Kier molecular flexibility index (Phi) is 3.56. The van der Waals surface area contributed by atoms with Gasteiger partial charge in [-0.1, -0.05) is 12.1 Å². The van der Waals surface area contributed by atoms with E-state index in [4.69, 9.17) is 0 Å². The van der Waals surface area contributed by atoms with E-state index in [-0.39, 0.29) is 12.2 Å². The summed E-state index contributed by atoms with van der Waals surface area (Å²) in [4.78, 5) is 11.0. The summed E-state index contributed by atoms with van der Waals surface area (Å²) in [5, 5.41) is 40.3. The molecule has 7 nitrogen and oxygen atoms in total. The molecule has 2 bridgehead atoms.